The summed E-state index contributed by atoms with van der Waals surface area (Å²) in [6, 6.07) is 17.4. The summed E-state index contributed by atoms with van der Waals surface area (Å²) in [6.45, 7) is 3.34. The molecule has 0 aliphatic carbocycles. The van der Waals surface area contributed by atoms with E-state index in [0.717, 1.165) is 49.4 Å². The van der Waals surface area contributed by atoms with Gasteiger partial charge in [-0.15, -0.1) is 0 Å². The molecule has 2 aliphatic rings. The summed E-state index contributed by atoms with van der Waals surface area (Å²) in [4.78, 5) is 11.4. The maximum atomic E-state index is 13.4. The van der Waals surface area contributed by atoms with Crippen molar-refractivity contribution >= 4 is 27.4 Å². The Labute approximate surface area is 191 Å². The van der Waals surface area contributed by atoms with Gasteiger partial charge in [0.15, 0.2) is 0 Å². The van der Waals surface area contributed by atoms with E-state index in [1.54, 1.807) is 4.31 Å². The van der Waals surface area contributed by atoms with Crippen LogP contribution in [0.25, 0.3) is 0 Å². The first-order valence-electron chi connectivity index (χ1n) is 10.8. The van der Waals surface area contributed by atoms with Gasteiger partial charge in [0.2, 0.25) is 10.0 Å². The second-order valence-electron chi connectivity index (χ2n) is 8.09. The van der Waals surface area contributed by atoms with Crippen LogP contribution >= 0.6 is 0 Å². The minimum atomic E-state index is -5.08. The molecule has 1 saturated heterocycles. The van der Waals surface area contributed by atoms with Gasteiger partial charge in [0.05, 0.1) is 16.6 Å². The molecule has 0 spiro atoms. The number of likely N-dealkylation sites (tertiary alicyclic amines) is 1. The summed E-state index contributed by atoms with van der Waals surface area (Å²) < 4.78 is 60.1. The molecule has 1 fully saturated rings. The number of sulfonamides is 1. The van der Waals surface area contributed by atoms with Gasteiger partial charge in [0.1, 0.15) is 0 Å². The van der Waals surface area contributed by atoms with Crippen molar-refractivity contribution in [3.63, 3.8) is 0 Å². The molecule has 2 heterocycles. The molecule has 10 heteroatoms. The van der Waals surface area contributed by atoms with Gasteiger partial charge >= 0.3 is 12.1 Å². The third-order valence-electron chi connectivity index (χ3n) is 5.77. The fraction of sp³-hybridized carbons (Fsp3) is 0.435. The number of fused-ring (bicyclic) bond motifs is 1. The summed E-state index contributed by atoms with van der Waals surface area (Å²) in [5.74, 6) is -2.76. The van der Waals surface area contributed by atoms with Gasteiger partial charge in [0, 0.05) is 0 Å². The predicted octanol–water partition coefficient (Wildman–Crippen LogP) is 4.59. The van der Waals surface area contributed by atoms with Gasteiger partial charge in [0.25, 0.3) is 0 Å². The van der Waals surface area contributed by atoms with Gasteiger partial charge in [-0.2, -0.15) is 13.2 Å². The van der Waals surface area contributed by atoms with Crippen molar-refractivity contribution in [3.8, 4) is 0 Å². The highest BCUT2D eigenvalue weighted by molar-refractivity contribution is 7.93. The van der Waals surface area contributed by atoms with Crippen LogP contribution in [0.5, 0.6) is 0 Å². The lowest BCUT2D eigenvalue weighted by Gasteiger charge is -2.35. The van der Waals surface area contributed by atoms with E-state index in [-0.39, 0.29) is 5.25 Å². The molecule has 33 heavy (non-hydrogen) atoms. The first-order chi connectivity index (χ1) is 15.6. The molecule has 2 aromatic rings. The summed E-state index contributed by atoms with van der Waals surface area (Å²) in [7, 11) is -3.41. The Morgan fingerprint density at radius 2 is 1.58 bits per heavy atom. The lowest BCUT2D eigenvalue weighted by atomic mass is 10.0. The zero-order valence-corrected chi connectivity index (χ0v) is 18.9. The quantitative estimate of drug-likeness (QED) is 0.672. The normalized spacial score (nSPS) is 20.0. The summed E-state index contributed by atoms with van der Waals surface area (Å²) >= 11 is 0. The minimum Gasteiger partial charge on any atom is -0.475 e. The molecule has 0 saturated carbocycles. The van der Waals surface area contributed by atoms with Crippen LogP contribution in [0.1, 0.15) is 31.2 Å². The van der Waals surface area contributed by atoms with Gasteiger partial charge < -0.3 is 10.0 Å². The topological polar surface area (TPSA) is 77.9 Å². The highest BCUT2D eigenvalue weighted by Crippen LogP contribution is 2.39. The lowest BCUT2D eigenvalue weighted by Crippen LogP contribution is -2.41. The molecule has 180 valence electrons. The van der Waals surface area contributed by atoms with E-state index >= 15 is 0 Å². The van der Waals surface area contributed by atoms with Crippen molar-refractivity contribution in [2.24, 2.45) is 0 Å². The first kappa shape index (κ1) is 25.0. The molecule has 1 N–H and O–H groups in total. The van der Waals surface area contributed by atoms with Crippen LogP contribution in [0, 0.1) is 0 Å². The number of halogens is 3. The fourth-order valence-corrected chi connectivity index (χ4v) is 6.19. The molecule has 6 nitrogen and oxygen atoms in total. The second-order valence-corrected chi connectivity index (χ2v) is 10.2. The maximum absolute atomic E-state index is 13.4. The maximum Gasteiger partial charge on any atom is 0.490 e. The number of anilines is 2. The zero-order chi connectivity index (χ0) is 24.1. The number of para-hydroxylation sites is 2. The number of rotatable bonds is 5. The van der Waals surface area contributed by atoms with Crippen LogP contribution < -0.4 is 4.31 Å². The molecule has 0 aromatic heterocycles. The van der Waals surface area contributed by atoms with Crippen LogP contribution in [0.15, 0.2) is 54.6 Å². The van der Waals surface area contributed by atoms with Crippen molar-refractivity contribution < 1.29 is 31.5 Å². The van der Waals surface area contributed by atoms with Crippen LogP contribution in [0.4, 0.5) is 24.5 Å². The van der Waals surface area contributed by atoms with Gasteiger partial charge in [-0.05, 0) is 75.5 Å². The number of carboxylic acid groups (broad SMARTS) is 1. The number of carboxylic acids is 1. The van der Waals surface area contributed by atoms with Crippen LogP contribution in [0.2, 0.25) is 0 Å². The zero-order valence-electron chi connectivity index (χ0n) is 18.0. The number of hydrogen-bond acceptors (Lipinski definition) is 4. The SMILES string of the molecule is O=C(O)C(F)(F)F.O=S1(=O)C(CCCN2CCCC2)Cc2ccccc2N1c1ccccc1. The van der Waals surface area contributed by atoms with Crippen molar-refractivity contribution in [1.82, 2.24) is 4.90 Å². The number of nitrogens with zero attached hydrogens (tertiary/aromatic N) is 2. The number of alkyl halides is 3. The largest absolute Gasteiger partial charge is 0.490 e. The van der Waals surface area contributed by atoms with E-state index in [2.05, 4.69) is 11.0 Å². The summed E-state index contributed by atoms with van der Waals surface area (Å²) in [5, 5.41) is 6.78. The Balaban J connectivity index is 0.000000383. The van der Waals surface area contributed by atoms with Crippen molar-refractivity contribution in [1.29, 1.82) is 0 Å². The Bertz CT molecular complexity index is 1040. The van der Waals surface area contributed by atoms with E-state index < -0.39 is 22.2 Å². The van der Waals surface area contributed by atoms with Crippen LogP contribution in [0.3, 0.4) is 0 Å². The third kappa shape index (κ3) is 6.26. The van der Waals surface area contributed by atoms with E-state index in [1.807, 2.05) is 48.5 Å². The van der Waals surface area contributed by atoms with Gasteiger partial charge in [-0.25, -0.2) is 17.5 Å². The molecule has 0 amide bonds. The summed E-state index contributed by atoms with van der Waals surface area (Å²) in [6.07, 6.45) is -0.263. The highest BCUT2D eigenvalue weighted by atomic mass is 32.2. The average Bonchev–Trinajstić information content (AvgIpc) is 3.28. The molecule has 0 bridgehead atoms. The van der Waals surface area contributed by atoms with Crippen molar-refractivity contribution in [2.75, 3.05) is 23.9 Å². The smallest absolute Gasteiger partial charge is 0.475 e. The molecular weight excluding hydrogens is 457 g/mol. The number of benzene rings is 2. The van der Waals surface area contributed by atoms with Crippen molar-refractivity contribution in [2.45, 2.75) is 43.5 Å². The van der Waals surface area contributed by atoms with Gasteiger partial charge in [-0.1, -0.05) is 36.4 Å². The Morgan fingerprint density at radius 1 is 1.00 bits per heavy atom. The lowest BCUT2D eigenvalue weighted by molar-refractivity contribution is -0.192. The molecule has 4 rings (SSSR count). The van der Waals surface area contributed by atoms with Crippen molar-refractivity contribution in [3.05, 3.63) is 60.2 Å². The Kier molecular flexibility index (Phi) is 8.01. The number of aliphatic carboxylic acids is 1. The van der Waals surface area contributed by atoms with Gasteiger partial charge in [-0.3, -0.25) is 0 Å². The second kappa shape index (κ2) is 10.6. The first-order valence-corrected chi connectivity index (χ1v) is 12.3. The van der Waals surface area contributed by atoms with E-state index in [9.17, 15) is 21.6 Å². The van der Waals surface area contributed by atoms with Crippen LogP contribution in [-0.4, -0.2) is 55.5 Å². The molecular formula is C23H27F3N2O4S. The standard InChI is InChI=1S/C21H26N2O2S.C2HF3O2/c24-26(25)20(12-8-16-22-14-6-7-15-22)17-18-9-4-5-13-21(18)23(26)19-10-2-1-3-11-19;3-2(4,5)1(6)7/h1-5,9-11,13,20H,6-8,12,14-17H2;(H,6,7). The third-order valence-corrected chi connectivity index (χ3v) is 7.93. The van der Waals surface area contributed by atoms with E-state index in [0.29, 0.717) is 6.42 Å². The van der Waals surface area contributed by atoms with E-state index in [4.69, 9.17) is 9.90 Å². The minimum absolute atomic E-state index is 0.347. The molecule has 2 aliphatic heterocycles. The van der Waals surface area contributed by atoms with E-state index in [1.165, 1.54) is 12.8 Å². The highest BCUT2D eigenvalue weighted by Gasteiger charge is 2.39. The number of carbonyl (C=O) groups is 1. The molecule has 1 atom stereocenters. The number of hydrogen-bond donors (Lipinski definition) is 1. The summed E-state index contributed by atoms with van der Waals surface area (Å²) in [5.41, 5.74) is 2.65. The Morgan fingerprint density at radius 3 is 2.18 bits per heavy atom. The molecule has 0 radical (unpaired) electrons. The molecule has 1 unspecified atom stereocenters. The monoisotopic (exact) mass is 484 g/mol. The predicted molar refractivity (Wildman–Crippen MR) is 120 cm³/mol. The molecule has 2 aromatic carbocycles. The fourth-order valence-electron chi connectivity index (χ4n) is 4.17. The Hall–Kier alpha value is -2.59. The average molecular weight is 485 g/mol. The van der Waals surface area contributed by atoms with Crippen LogP contribution in [-0.2, 0) is 21.2 Å².